The highest BCUT2D eigenvalue weighted by Crippen LogP contribution is 2.41. The standard InChI is InChI=1S/C22H21N/c1-17-11-13-19(14-12-17)22-21-10-6-5-7-18(21)15-16-23(22)20-8-3-2-4-9-20/h2-6,8-15,22H,7,16H2,1H3. The first kappa shape index (κ1) is 14.1. The van der Waals surface area contributed by atoms with E-state index < -0.39 is 0 Å². The van der Waals surface area contributed by atoms with Crippen molar-refractivity contribution in [1.29, 1.82) is 0 Å². The van der Waals surface area contributed by atoms with Crippen LogP contribution in [0.1, 0.15) is 23.6 Å². The molecule has 1 aliphatic heterocycles. The van der Waals surface area contributed by atoms with Crippen LogP contribution in [0.15, 0.2) is 90.0 Å². The van der Waals surface area contributed by atoms with Gasteiger partial charge in [0.15, 0.2) is 0 Å². The Balaban J connectivity index is 1.83. The van der Waals surface area contributed by atoms with Crippen molar-refractivity contribution in [3.63, 3.8) is 0 Å². The van der Waals surface area contributed by atoms with E-state index in [0.717, 1.165) is 13.0 Å². The van der Waals surface area contributed by atoms with Gasteiger partial charge in [-0.15, -0.1) is 0 Å². The number of nitrogens with zero attached hydrogens (tertiary/aromatic N) is 1. The van der Waals surface area contributed by atoms with E-state index in [1.54, 1.807) is 0 Å². The van der Waals surface area contributed by atoms with Gasteiger partial charge in [-0.05, 0) is 42.2 Å². The molecule has 2 aliphatic rings. The number of benzene rings is 2. The fourth-order valence-electron chi connectivity index (χ4n) is 3.52. The van der Waals surface area contributed by atoms with Gasteiger partial charge < -0.3 is 4.90 Å². The zero-order valence-corrected chi connectivity index (χ0v) is 13.4. The third kappa shape index (κ3) is 2.63. The molecule has 1 heteroatoms. The highest BCUT2D eigenvalue weighted by atomic mass is 15.2. The normalized spacial score (nSPS) is 19.9. The van der Waals surface area contributed by atoms with Gasteiger partial charge in [0, 0.05) is 12.2 Å². The van der Waals surface area contributed by atoms with E-state index in [4.69, 9.17) is 0 Å². The summed E-state index contributed by atoms with van der Waals surface area (Å²) in [5, 5.41) is 0. The number of rotatable bonds is 2. The van der Waals surface area contributed by atoms with E-state index in [0.29, 0.717) is 6.04 Å². The Morgan fingerprint density at radius 2 is 1.74 bits per heavy atom. The predicted molar refractivity (Wildman–Crippen MR) is 97.6 cm³/mol. The van der Waals surface area contributed by atoms with Gasteiger partial charge in [-0.3, -0.25) is 0 Å². The van der Waals surface area contributed by atoms with Crippen LogP contribution in [0.3, 0.4) is 0 Å². The summed E-state index contributed by atoms with van der Waals surface area (Å²) in [6, 6.07) is 20.0. The van der Waals surface area contributed by atoms with Crippen LogP contribution in [0.4, 0.5) is 5.69 Å². The lowest BCUT2D eigenvalue weighted by atomic mass is 9.84. The molecule has 1 atom stereocenters. The van der Waals surface area contributed by atoms with Gasteiger partial charge in [0.2, 0.25) is 0 Å². The molecule has 2 aromatic carbocycles. The fraction of sp³-hybridized carbons (Fsp3) is 0.182. The van der Waals surface area contributed by atoms with E-state index in [-0.39, 0.29) is 0 Å². The van der Waals surface area contributed by atoms with Crippen LogP contribution in [0.25, 0.3) is 0 Å². The average molecular weight is 299 g/mol. The van der Waals surface area contributed by atoms with Crippen molar-refractivity contribution in [3.8, 4) is 0 Å². The summed E-state index contributed by atoms with van der Waals surface area (Å²) < 4.78 is 0. The Morgan fingerprint density at radius 3 is 2.52 bits per heavy atom. The SMILES string of the molecule is Cc1ccc(C2C3=CC=CCC3=CCN2c2ccccc2)cc1. The summed E-state index contributed by atoms with van der Waals surface area (Å²) >= 11 is 0. The minimum absolute atomic E-state index is 0.294. The van der Waals surface area contributed by atoms with Gasteiger partial charge in [0.05, 0.1) is 6.04 Å². The molecule has 0 radical (unpaired) electrons. The van der Waals surface area contributed by atoms with E-state index in [1.807, 2.05) is 0 Å². The van der Waals surface area contributed by atoms with Crippen LogP contribution >= 0.6 is 0 Å². The summed E-state index contributed by atoms with van der Waals surface area (Å²) in [5.74, 6) is 0. The van der Waals surface area contributed by atoms with Crippen LogP contribution in [0, 0.1) is 6.92 Å². The minimum Gasteiger partial charge on any atom is -0.357 e. The van der Waals surface area contributed by atoms with E-state index >= 15 is 0 Å². The monoisotopic (exact) mass is 299 g/mol. The molecule has 0 aromatic heterocycles. The van der Waals surface area contributed by atoms with Gasteiger partial charge in [-0.1, -0.05) is 72.3 Å². The van der Waals surface area contributed by atoms with Crippen molar-refractivity contribution >= 4 is 5.69 Å². The molecule has 0 amide bonds. The van der Waals surface area contributed by atoms with Gasteiger partial charge in [-0.2, -0.15) is 0 Å². The number of allylic oxidation sites excluding steroid dienone is 3. The van der Waals surface area contributed by atoms with Crippen LogP contribution in [-0.4, -0.2) is 6.54 Å². The molecule has 1 unspecified atom stereocenters. The van der Waals surface area contributed by atoms with E-state index in [9.17, 15) is 0 Å². The second kappa shape index (κ2) is 5.92. The maximum absolute atomic E-state index is 2.50. The average Bonchev–Trinajstić information content (AvgIpc) is 2.62. The topological polar surface area (TPSA) is 3.24 Å². The van der Waals surface area contributed by atoms with Crippen molar-refractivity contribution < 1.29 is 0 Å². The maximum Gasteiger partial charge on any atom is 0.0802 e. The fourth-order valence-corrected chi connectivity index (χ4v) is 3.52. The lowest BCUT2D eigenvalue weighted by molar-refractivity contribution is 0.707. The quantitative estimate of drug-likeness (QED) is 0.720. The zero-order chi connectivity index (χ0) is 15.6. The van der Waals surface area contributed by atoms with Crippen molar-refractivity contribution in [2.24, 2.45) is 0 Å². The number of hydrogen-bond acceptors (Lipinski definition) is 1. The molecular weight excluding hydrogens is 278 g/mol. The second-order valence-electron chi connectivity index (χ2n) is 6.28. The number of anilines is 1. The minimum atomic E-state index is 0.294. The van der Waals surface area contributed by atoms with Crippen LogP contribution in [-0.2, 0) is 0 Å². The molecule has 1 heterocycles. The third-order valence-electron chi connectivity index (χ3n) is 4.74. The summed E-state index contributed by atoms with van der Waals surface area (Å²) in [5.41, 5.74) is 6.87. The van der Waals surface area contributed by atoms with Crippen LogP contribution in [0.2, 0.25) is 0 Å². The smallest absolute Gasteiger partial charge is 0.0802 e. The summed E-state index contributed by atoms with van der Waals surface area (Å²) in [7, 11) is 0. The van der Waals surface area contributed by atoms with Gasteiger partial charge in [0.1, 0.15) is 0 Å². The van der Waals surface area contributed by atoms with Gasteiger partial charge in [-0.25, -0.2) is 0 Å². The number of aryl methyl sites for hydroxylation is 1. The molecule has 0 saturated heterocycles. The lowest BCUT2D eigenvalue weighted by Gasteiger charge is -2.40. The summed E-state index contributed by atoms with van der Waals surface area (Å²) in [6.45, 7) is 3.11. The second-order valence-corrected chi connectivity index (χ2v) is 6.28. The first-order valence-electron chi connectivity index (χ1n) is 8.27. The summed E-state index contributed by atoms with van der Waals surface area (Å²) in [4.78, 5) is 2.50. The molecule has 2 aromatic rings. The van der Waals surface area contributed by atoms with E-state index in [2.05, 4.69) is 90.7 Å². The largest absolute Gasteiger partial charge is 0.357 e. The van der Waals surface area contributed by atoms with Gasteiger partial charge in [0.25, 0.3) is 0 Å². The summed E-state index contributed by atoms with van der Waals surface area (Å²) in [6.07, 6.45) is 10.2. The first-order chi connectivity index (χ1) is 11.3. The molecule has 0 bridgehead atoms. The maximum atomic E-state index is 2.50. The molecule has 23 heavy (non-hydrogen) atoms. The van der Waals surface area contributed by atoms with Crippen molar-refractivity contribution in [2.45, 2.75) is 19.4 Å². The Hall–Kier alpha value is -2.54. The zero-order valence-electron chi connectivity index (χ0n) is 13.4. The molecule has 1 nitrogen and oxygen atoms in total. The third-order valence-corrected chi connectivity index (χ3v) is 4.74. The number of hydrogen-bond donors (Lipinski definition) is 0. The van der Waals surface area contributed by atoms with Crippen molar-refractivity contribution in [2.75, 3.05) is 11.4 Å². The molecule has 0 N–H and O–H groups in total. The Kier molecular flexibility index (Phi) is 3.63. The molecule has 0 saturated carbocycles. The molecule has 1 aliphatic carbocycles. The predicted octanol–water partition coefficient (Wildman–Crippen LogP) is 5.37. The van der Waals surface area contributed by atoms with Crippen molar-refractivity contribution in [1.82, 2.24) is 0 Å². The Bertz CT molecular complexity index is 778. The molecule has 0 fully saturated rings. The highest BCUT2D eigenvalue weighted by molar-refractivity contribution is 5.59. The van der Waals surface area contributed by atoms with Gasteiger partial charge >= 0.3 is 0 Å². The molecular formula is C22H21N. The highest BCUT2D eigenvalue weighted by Gasteiger charge is 2.29. The Morgan fingerprint density at radius 1 is 0.957 bits per heavy atom. The van der Waals surface area contributed by atoms with Crippen LogP contribution in [0.5, 0.6) is 0 Å². The first-order valence-corrected chi connectivity index (χ1v) is 8.27. The molecule has 0 spiro atoms. The lowest BCUT2D eigenvalue weighted by Crippen LogP contribution is -2.34. The molecule has 114 valence electrons. The van der Waals surface area contributed by atoms with Crippen molar-refractivity contribution in [3.05, 3.63) is 101 Å². The molecule has 4 rings (SSSR count). The van der Waals surface area contributed by atoms with E-state index in [1.165, 1.54) is 28.0 Å². The number of fused-ring (bicyclic) bond motifs is 1. The van der Waals surface area contributed by atoms with Crippen LogP contribution < -0.4 is 4.90 Å². The Labute approximate surface area is 138 Å². The number of para-hydroxylation sites is 1.